The van der Waals surface area contributed by atoms with Crippen LogP contribution >= 0.6 is 0 Å². The Bertz CT molecular complexity index is 795. The molecule has 0 saturated carbocycles. The number of carbonyl (C=O) groups excluding carboxylic acids is 1. The smallest absolute Gasteiger partial charge is 0.488 e. The minimum atomic E-state index is -5.08. The fourth-order valence-corrected chi connectivity index (χ4v) is 2.48. The molecule has 1 unspecified atom stereocenters. The Labute approximate surface area is 152 Å². The summed E-state index contributed by atoms with van der Waals surface area (Å²) in [6, 6.07) is 8.00. The number of aromatic amines is 1. The molecule has 1 atom stereocenters. The van der Waals surface area contributed by atoms with Crippen molar-refractivity contribution < 1.29 is 32.6 Å². The minimum Gasteiger partial charge on any atom is -0.488 e. The average Bonchev–Trinajstić information content (AvgIpc) is 3.19. The van der Waals surface area contributed by atoms with Crippen LogP contribution in [0.5, 0.6) is 5.75 Å². The third kappa shape index (κ3) is 5.47. The van der Waals surface area contributed by atoms with Crippen molar-refractivity contribution in [1.29, 1.82) is 0 Å². The molecule has 1 aromatic carbocycles. The Balaban J connectivity index is 0.000000321. The number of benzene rings is 1. The molecule has 10 heteroatoms. The molecule has 7 nitrogen and oxygen atoms in total. The SMILES string of the molecule is Cc1ncc(C(=O)N(C)CC2Cc3ccccc3O2)[nH]1.O=C(O)C(F)(F)F. The van der Waals surface area contributed by atoms with Crippen LogP contribution < -0.4 is 4.74 Å². The number of carboxylic acid groups (broad SMARTS) is 1. The van der Waals surface area contributed by atoms with Gasteiger partial charge in [0, 0.05) is 13.5 Å². The topological polar surface area (TPSA) is 95.5 Å². The van der Waals surface area contributed by atoms with Gasteiger partial charge in [0.2, 0.25) is 0 Å². The van der Waals surface area contributed by atoms with Crippen molar-refractivity contribution in [2.75, 3.05) is 13.6 Å². The molecule has 2 aromatic rings. The van der Waals surface area contributed by atoms with Gasteiger partial charge < -0.3 is 19.7 Å². The molecule has 3 rings (SSSR count). The maximum atomic E-state index is 12.2. The van der Waals surface area contributed by atoms with E-state index in [1.165, 1.54) is 5.56 Å². The number of likely N-dealkylation sites (N-methyl/N-ethyl adjacent to an activating group) is 1. The van der Waals surface area contributed by atoms with E-state index in [9.17, 15) is 18.0 Å². The molecule has 0 fully saturated rings. The van der Waals surface area contributed by atoms with Gasteiger partial charge in [-0.25, -0.2) is 9.78 Å². The number of rotatable bonds is 3. The van der Waals surface area contributed by atoms with Crippen molar-refractivity contribution in [1.82, 2.24) is 14.9 Å². The van der Waals surface area contributed by atoms with Crippen molar-refractivity contribution in [2.45, 2.75) is 25.6 Å². The summed E-state index contributed by atoms with van der Waals surface area (Å²) < 4.78 is 37.6. The Morgan fingerprint density at radius 2 is 2.00 bits per heavy atom. The van der Waals surface area contributed by atoms with Crippen molar-refractivity contribution in [2.24, 2.45) is 0 Å². The van der Waals surface area contributed by atoms with E-state index in [0.29, 0.717) is 12.2 Å². The largest absolute Gasteiger partial charge is 0.490 e. The predicted molar refractivity (Wildman–Crippen MR) is 88.5 cm³/mol. The number of H-pyrrole nitrogens is 1. The van der Waals surface area contributed by atoms with Crippen LogP contribution in [0.15, 0.2) is 30.5 Å². The van der Waals surface area contributed by atoms with Gasteiger partial charge in [0.05, 0.1) is 12.7 Å². The van der Waals surface area contributed by atoms with Crippen molar-refractivity contribution in [3.63, 3.8) is 0 Å². The zero-order chi connectivity index (χ0) is 20.2. The maximum Gasteiger partial charge on any atom is 0.490 e. The Kier molecular flexibility index (Phi) is 6.09. The Hall–Kier alpha value is -3.04. The van der Waals surface area contributed by atoms with Gasteiger partial charge in [-0.15, -0.1) is 0 Å². The number of aromatic nitrogens is 2. The first-order chi connectivity index (χ1) is 12.6. The molecule has 1 aliphatic heterocycles. The van der Waals surface area contributed by atoms with Gasteiger partial charge in [0.25, 0.3) is 5.91 Å². The number of nitrogens with one attached hydrogen (secondary N) is 1. The van der Waals surface area contributed by atoms with Crippen LogP contribution in [0.3, 0.4) is 0 Å². The molecular weight excluding hydrogens is 367 g/mol. The third-order valence-electron chi connectivity index (χ3n) is 3.71. The summed E-state index contributed by atoms with van der Waals surface area (Å²) in [7, 11) is 1.78. The number of aryl methyl sites for hydroxylation is 1. The zero-order valence-electron chi connectivity index (χ0n) is 14.6. The molecular formula is C17H18F3N3O4. The number of hydrogen-bond donors (Lipinski definition) is 2. The molecule has 0 radical (unpaired) electrons. The molecule has 1 aliphatic rings. The number of amides is 1. The number of aliphatic carboxylic acids is 1. The number of carbonyl (C=O) groups is 2. The van der Waals surface area contributed by atoms with E-state index in [0.717, 1.165) is 18.0 Å². The summed E-state index contributed by atoms with van der Waals surface area (Å²) >= 11 is 0. The second-order valence-electron chi connectivity index (χ2n) is 5.92. The van der Waals surface area contributed by atoms with Gasteiger partial charge in [0.1, 0.15) is 23.4 Å². The summed E-state index contributed by atoms with van der Waals surface area (Å²) in [4.78, 5) is 29.8. The van der Waals surface area contributed by atoms with Gasteiger partial charge in [-0.05, 0) is 18.6 Å². The van der Waals surface area contributed by atoms with Gasteiger partial charge in [0.15, 0.2) is 0 Å². The highest BCUT2D eigenvalue weighted by Gasteiger charge is 2.38. The maximum absolute atomic E-state index is 12.2. The fourth-order valence-electron chi connectivity index (χ4n) is 2.48. The Morgan fingerprint density at radius 3 is 2.52 bits per heavy atom. The molecule has 0 aliphatic carbocycles. The first-order valence-corrected chi connectivity index (χ1v) is 7.89. The van der Waals surface area contributed by atoms with Gasteiger partial charge in [-0.1, -0.05) is 18.2 Å². The van der Waals surface area contributed by atoms with Crippen LogP contribution in [0.2, 0.25) is 0 Å². The number of imidazole rings is 1. The second-order valence-corrected chi connectivity index (χ2v) is 5.92. The van der Waals surface area contributed by atoms with Crippen LogP contribution in [0.25, 0.3) is 0 Å². The highest BCUT2D eigenvalue weighted by molar-refractivity contribution is 5.92. The highest BCUT2D eigenvalue weighted by atomic mass is 19.4. The molecule has 0 spiro atoms. The fraction of sp³-hybridized carbons (Fsp3) is 0.353. The molecule has 1 aromatic heterocycles. The van der Waals surface area contributed by atoms with Crippen molar-refractivity contribution in [3.8, 4) is 5.75 Å². The average molecular weight is 385 g/mol. The Morgan fingerprint density at radius 1 is 1.37 bits per heavy atom. The van der Waals surface area contributed by atoms with E-state index < -0.39 is 12.1 Å². The first-order valence-electron chi connectivity index (χ1n) is 7.89. The molecule has 27 heavy (non-hydrogen) atoms. The lowest BCUT2D eigenvalue weighted by Gasteiger charge is -2.20. The lowest BCUT2D eigenvalue weighted by molar-refractivity contribution is -0.192. The predicted octanol–water partition coefficient (Wildman–Crippen LogP) is 2.43. The lowest BCUT2D eigenvalue weighted by atomic mass is 10.1. The number of carboxylic acids is 1. The van der Waals surface area contributed by atoms with Crippen LogP contribution in [0.1, 0.15) is 21.9 Å². The van der Waals surface area contributed by atoms with E-state index in [4.69, 9.17) is 14.6 Å². The number of fused-ring (bicyclic) bond motifs is 1. The van der Waals surface area contributed by atoms with Gasteiger partial charge in [-0.3, -0.25) is 4.79 Å². The summed E-state index contributed by atoms with van der Waals surface area (Å²) in [6.45, 7) is 2.39. The quantitative estimate of drug-likeness (QED) is 0.846. The summed E-state index contributed by atoms with van der Waals surface area (Å²) in [6.07, 6.45) is -2.65. The van der Waals surface area contributed by atoms with Crippen molar-refractivity contribution >= 4 is 11.9 Å². The molecule has 0 saturated heterocycles. The van der Waals surface area contributed by atoms with Crippen LogP contribution in [-0.4, -0.2) is 57.7 Å². The minimum absolute atomic E-state index is 0.0189. The normalized spacial score (nSPS) is 15.2. The molecule has 2 N–H and O–H groups in total. The van der Waals surface area contributed by atoms with E-state index in [2.05, 4.69) is 16.0 Å². The van der Waals surface area contributed by atoms with Crippen molar-refractivity contribution in [3.05, 3.63) is 47.5 Å². The number of nitrogens with zero attached hydrogens (tertiary/aromatic N) is 2. The van der Waals surface area contributed by atoms with E-state index in [1.807, 2.05) is 25.1 Å². The molecule has 146 valence electrons. The number of alkyl halides is 3. The van der Waals surface area contributed by atoms with E-state index in [-0.39, 0.29) is 12.0 Å². The molecule has 0 bridgehead atoms. The highest BCUT2D eigenvalue weighted by Crippen LogP contribution is 2.28. The van der Waals surface area contributed by atoms with Gasteiger partial charge >= 0.3 is 12.1 Å². The number of ether oxygens (including phenoxy) is 1. The van der Waals surface area contributed by atoms with E-state index >= 15 is 0 Å². The monoisotopic (exact) mass is 385 g/mol. The summed E-state index contributed by atoms with van der Waals surface area (Å²) in [5.74, 6) is -1.15. The summed E-state index contributed by atoms with van der Waals surface area (Å²) in [5, 5.41) is 7.12. The summed E-state index contributed by atoms with van der Waals surface area (Å²) in [5.41, 5.74) is 1.72. The standard InChI is InChI=1S/C15H17N3O2.C2HF3O2/c1-10-16-8-13(17-10)15(19)18(2)9-12-7-11-5-3-4-6-14(11)20-12;3-2(4,5)1(6)7/h3-6,8,12H,7,9H2,1-2H3,(H,16,17);(H,6,7). The first kappa shape index (κ1) is 20.3. The number of hydrogen-bond acceptors (Lipinski definition) is 4. The zero-order valence-corrected chi connectivity index (χ0v) is 14.6. The second kappa shape index (κ2) is 8.11. The van der Waals surface area contributed by atoms with Crippen LogP contribution in [0.4, 0.5) is 13.2 Å². The van der Waals surface area contributed by atoms with Crippen LogP contribution in [-0.2, 0) is 11.2 Å². The van der Waals surface area contributed by atoms with Crippen LogP contribution in [0, 0.1) is 6.92 Å². The van der Waals surface area contributed by atoms with Gasteiger partial charge in [-0.2, -0.15) is 13.2 Å². The lowest BCUT2D eigenvalue weighted by Crippen LogP contribution is -2.36. The number of halogens is 3. The van der Waals surface area contributed by atoms with E-state index in [1.54, 1.807) is 18.1 Å². The molecule has 2 heterocycles. The third-order valence-corrected chi connectivity index (χ3v) is 3.71. The molecule has 1 amide bonds. The number of para-hydroxylation sites is 1.